The maximum atomic E-state index is 12.9. The van der Waals surface area contributed by atoms with Crippen molar-refractivity contribution in [3.8, 4) is 11.5 Å². The summed E-state index contributed by atoms with van der Waals surface area (Å²) in [5.74, 6) is 0.109. The molecule has 0 bridgehead atoms. The minimum absolute atomic E-state index is 0.0524. The lowest BCUT2D eigenvalue weighted by molar-refractivity contribution is -0.286. The monoisotopic (exact) mass is 257 g/mol. The number of hydrogen-bond acceptors (Lipinski definition) is 4. The third-order valence-corrected chi connectivity index (χ3v) is 3.13. The van der Waals surface area contributed by atoms with Crippen molar-refractivity contribution in [3.05, 3.63) is 18.2 Å². The maximum absolute atomic E-state index is 12.9. The number of benzene rings is 1. The van der Waals surface area contributed by atoms with Crippen molar-refractivity contribution in [1.82, 2.24) is 0 Å². The van der Waals surface area contributed by atoms with Crippen LogP contribution in [0.1, 0.15) is 13.3 Å². The lowest BCUT2D eigenvalue weighted by Gasteiger charge is -2.17. The minimum atomic E-state index is -3.56. The first kappa shape index (κ1) is 11.5. The molecular weight excluding hydrogens is 244 g/mol. The van der Waals surface area contributed by atoms with Crippen LogP contribution in [-0.2, 0) is 4.74 Å². The summed E-state index contributed by atoms with van der Waals surface area (Å²) in [4.78, 5) is 0. The van der Waals surface area contributed by atoms with E-state index in [2.05, 4.69) is 14.8 Å². The molecule has 2 atom stereocenters. The van der Waals surface area contributed by atoms with E-state index in [9.17, 15) is 8.78 Å². The molecule has 1 aromatic carbocycles. The van der Waals surface area contributed by atoms with Crippen LogP contribution in [0.5, 0.6) is 11.5 Å². The predicted molar refractivity (Wildman–Crippen MR) is 60.1 cm³/mol. The number of fused-ring (bicyclic) bond motifs is 1. The summed E-state index contributed by atoms with van der Waals surface area (Å²) in [5, 5.41) is 3.24. The quantitative estimate of drug-likeness (QED) is 0.884. The summed E-state index contributed by atoms with van der Waals surface area (Å²) in [6, 6.07) is 4.86. The SMILES string of the molecule is CC1OCCC1Nc1ccc2c(c1)OC(F)(F)O2. The summed E-state index contributed by atoms with van der Waals surface area (Å²) in [6.45, 7) is 2.69. The molecule has 0 radical (unpaired) electrons. The Balaban J connectivity index is 1.76. The fourth-order valence-corrected chi connectivity index (χ4v) is 2.17. The number of nitrogens with one attached hydrogen (secondary N) is 1. The zero-order valence-electron chi connectivity index (χ0n) is 9.78. The highest BCUT2D eigenvalue weighted by Gasteiger charge is 2.43. The number of halogens is 2. The molecule has 98 valence electrons. The van der Waals surface area contributed by atoms with Gasteiger partial charge < -0.3 is 19.5 Å². The van der Waals surface area contributed by atoms with E-state index >= 15 is 0 Å². The Morgan fingerprint density at radius 2 is 2.06 bits per heavy atom. The van der Waals surface area contributed by atoms with Crippen molar-refractivity contribution in [2.75, 3.05) is 11.9 Å². The van der Waals surface area contributed by atoms with Gasteiger partial charge in [-0.1, -0.05) is 0 Å². The third kappa shape index (κ3) is 2.08. The van der Waals surface area contributed by atoms with Gasteiger partial charge in [-0.2, -0.15) is 0 Å². The highest BCUT2D eigenvalue weighted by atomic mass is 19.3. The zero-order chi connectivity index (χ0) is 12.8. The van der Waals surface area contributed by atoms with E-state index in [1.165, 1.54) is 12.1 Å². The Morgan fingerprint density at radius 1 is 1.28 bits per heavy atom. The molecule has 1 fully saturated rings. The maximum Gasteiger partial charge on any atom is 0.586 e. The molecule has 2 aliphatic heterocycles. The lowest BCUT2D eigenvalue weighted by Crippen LogP contribution is -2.26. The molecule has 3 rings (SSSR count). The molecule has 18 heavy (non-hydrogen) atoms. The molecule has 4 nitrogen and oxygen atoms in total. The van der Waals surface area contributed by atoms with Gasteiger partial charge in [0.2, 0.25) is 0 Å². The van der Waals surface area contributed by atoms with Gasteiger partial charge in [0.1, 0.15) is 0 Å². The van der Waals surface area contributed by atoms with E-state index in [-0.39, 0.29) is 23.6 Å². The van der Waals surface area contributed by atoms with Crippen molar-refractivity contribution in [2.45, 2.75) is 31.8 Å². The molecule has 2 unspecified atom stereocenters. The van der Waals surface area contributed by atoms with Crippen LogP contribution in [0.4, 0.5) is 14.5 Å². The zero-order valence-corrected chi connectivity index (χ0v) is 9.78. The van der Waals surface area contributed by atoms with Crippen molar-refractivity contribution >= 4 is 5.69 Å². The van der Waals surface area contributed by atoms with Gasteiger partial charge in [0.15, 0.2) is 11.5 Å². The van der Waals surface area contributed by atoms with E-state index in [4.69, 9.17) is 4.74 Å². The van der Waals surface area contributed by atoms with E-state index in [0.717, 1.165) is 12.1 Å². The van der Waals surface area contributed by atoms with Crippen LogP contribution in [-0.4, -0.2) is 25.0 Å². The summed E-state index contributed by atoms with van der Waals surface area (Å²) in [5.41, 5.74) is 0.720. The van der Waals surface area contributed by atoms with Gasteiger partial charge in [0, 0.05) is 18.4 Å². The number of ether oxygens (including phenoxy) is 3. The first-order chi connectivity index (χ1) is 8.53. The molecule has 1 saturated heterocycles. The van der Waals surface area contributed by atoms with Crippen LogP contribution in [0.3, 0.4) is 0 Å². The first-order valence-corrected chi connectivity index (χ1v) is 5.81. The van der Waals surface area contributed by atoms with Crippen molar-refractivity contribution < 1.29 is 23.0 Å². The summed E-state index contributed by atoms with van der Waals surface area (Å²) in [6.07, 6.45) is -2.56. The van der Waals surface area contributed by atoms with Gasteiger partial charge in [-0.25, -0.2) is 0 Å². The standard InChI is InChI=1S/C12H13F2NO3/c1-7-9(4-5-16-7)15-8-2-3-10-11(6-8)18-12(13,14)17-10/h2-3,6-7,9,15H,4-5H2,1H3. The molecule has 0 amide bonds. The molecule has 0 aromatic heterocycles. The van der Waals surface area contributed by atoms with E-state index in [0.29, 0.717) is 6.61 Å². The van der Waals surface area contributed by atoms with Crippen LogP contribution < -0.4 is 14.8 Å². The Morgan fingerprint density at radius 3 is 2.78 bits per heavy atom. The minimum Gasteiger partial charge on any atom is -0.395 e. The third-order valence-electron chi connectivity index (χ3n) is 3.13. The van der Waals surface area contributed by atoms with Gasteiger partial charge >= 0.3 is 6.29 Å². The molecule has 0 saturated carbocycles. The molecule has 2 aliphatic rings. The summed E-state index contributed by atoms with van der Waals surface area (Å²) in [7, 11) is 0. The highest BCUT2D eigenvalue weighted by Crippen LogP contribution is 2.42. The van der Waals surface area contributed by atoms with Crippen molar-refractivity contribution in [3.63, 3.8) is 0 Å². The van der Waals surface area contributed by atoms with Crippen LogP contribution in [0.25, 0.3) is 0 Å². The second-order valence-electron chi connectivity index (χ2n) is 4.44. The van der Waals surface area contributed by atoms with E-state index in [1.54, 1.807) is 6.07 Å². The molecule has 0 aliphatic carbocycles. The Bertz CT molecular complexity index is 467. The molecule has 2 heterocycles. The topological polar surface area (TPSA) is 39.7 Å². The van der Waals surface area contributed by atoms with Gasteiger partial charge in [-0.15, -0.1) is 8.78 Å². The van der Waals surface area contributed by atoms with Crippen molar-refractivity contribution in [1.29, 1.82) is 0 Å². The average Bonchev–Trinajstić information content (AvgIpc) is 2.80. The number of anilines is 1. The van der Waals surface area contributed by atoms with Crippen LogP contribution in [0, 0.1) is 0 Å². The molecule has 1 aromatic rings. The van der Waals surface area contributed by atoms with Crippen LogP contribution in [0.2, 0.25) is 0 Å². The highest BCUT2D eigenvalue weighted by molar-refractivity contribution is 5.56. The van der Waals surface area contributed by atoms with Gasteiger partial charge in [0.25, 0.3) is 0 Å². The molecule has 1 N–H and O–H groups in total. The Hall–Kier alpha value is -1.56. The van der Waals surface area contributed by atoms with Crippen LogP contribution >= 0.6 is 0 Å². The van der Waals surface area contributed by atoms with Gasteiger partial charge in [0.05, 0.1) is 12.1 Å². The second-order valence-corrected chi connectivity index (χ2v) is 4.44. The summed E-state index contributed by atoms with van der Waals surface area (Å²) >= 11 is 0. The smallest absolute Gasteiger partial charge is 0.395 e. The second kappa shape index (κ2) is 3.98. The number of rotatable bonds is 2. The predicted octanol–water partition coefficient (Wildman–Crippen LogP) is 2.60. The molecule has 6 heteroatoms. The Labute approximate surface area is 103 Å². The Kier molecular flexibility index (Phi) is 2.55. The van der Waals surface area contributed by atoms with Crippen molar-refractivity contribution in [2.24, 2.45) is 0 Å². The average molecular weight is 257 g/mol. The van der Waals surface area contributed by atoms with E-state index < -0.39 is 6.29 Å². The largest absolute Gasteiger partial charge is 0.586 e. The lowest BCUT2D eigenvalue weighted by atomic mass is 10.1. The number of alkyl halides is 2. The number of hydrogen-bond donors (Lipinski definition) is 1. The van der Waals surface area contributed by atoms with E-state index in [1.807, 2.05) is 6.92 Å². The molecule has 0 spiro atoms. The summed E-state index contributed by atoms with van der Waals surface area (Å²) < 4.78 is 39.9. The van der Waals surface area contributed by atoms with Gasteiger partial charge in [-0.3, -0.25) is 0 Å². The fraction of sp³-hybridized carbons (Fsp3) is 0.500. The van der Waals surface area contributed by atoms with Crippen LogP contribution in [0.15, 0.2) is 18.2 Å². The fourth-order valence-electron chi connectivity index (χ4n) is 2.17. The van der Waals surface area contributed by atoms with Gasteiger partial charge in [-0.05, 0) is 25.5 Å². The normalized spacial score (nSPS) is 28.4. The molecular formula is C12H13F2NO3. The first-order valence-electron chi connectivity index (χ1n) is 5.81.